The number of carbonyl (C=O) groups excluding carboxylic acids is 1. The standard InChI is InChI=1S/C21H21N7O2/c1-13-5-6-15(20-24-26-28(25-20)16-8-14(9-16)12-29)10-18(13)23-21(30)17-11-22-27-7-3-2-4-19(17)27/h2-7,10-11,14,16,29H,8-9,12H2,1H3,(H,23,30). The number of aryl methyl sites for hydroxylation is 1. The van der Waals surface area contributed by atoms with Gasteiger partial charge in [0, 0.05) is 24.1 Å². The molecule has 9 heteroatoms. The second-order valence-corrected chi connectivity index (χ2v) is 7.68. The molecule has 1 aromatic carbocycles. The van der Waals surface area contributed by atoms with Gasteiger partial charge >= 0.3 is 0 Å². The normalized spacial score (nSPS) is 18.3. The minimum atomic E-state index is -0.224. The van der Waals surface area contributed by atoms with Crippen LogP contribution in [0.4, 0.5) is 5.69 Å². The van der Waals surface area contributed by atoms with Crippen LogP contribution in [-0.4, -0.2) is 47.4 Å². The average Bonchev–Trinajstić information content (AvgIpc) is 3.36. The van der Waals surface area contributed by atoms with Gasteiger partial charge in [0.2, 0.25) is 5.82 Å². The summed E-state index contributed by atoms with van der Waals surface area (Å²) in [5.41, 5.74) is 3.65. The number of anilines is 1. The number of hydrogen-bond donors (Lipinski definition) is 2. The fraction of sp³-hybridized carbons (Fsp3) is 0.286. The monoisotopic (exact) mass is 403 g/mol. The third-order valence-corrected chi connectivity index (χ3v) is 5.64. The Morgan fingerprint density at radius 2 is 2.13 bits per heavy atom. The lowest BCUT2D eigenvalue weighted by Gasteiger charge is -2.32. The number of aromatic nitrogens is 6. The van der Waals surface area contributed by atoms with Crippen LogP contribution in [0.2, 0.25) is 0 Å². The minimum absolute atomic E-state index is 0.184. The SMILES string of the molecule is Cc1ccc(-c2nnn(C3CC(CO)C3)n2)cc1NC(=O)c1cnn2ccccc12. The van der Waals surface area contributed by atoms with Crippen molar-refractivity contribution in [3.05, 3.63) is 59.9 Å². The van der Waals surface area contributed by atoms with Gasteiger partial charge in [0.1, 0.15) is 0 Å². The minimum Gasteiger partial charge on any atom is -0.396 e. The Bertz CT molecular complexity index is 1220. The van der Waals surface area contributed by atoms with Crippen LogP contribution in [-0.2, 0) is 0 Å². The number of nitrogens with zero attached hydrogens (tertiary/aromatic N) is 6. The summed E-state index contributed by atoms with van der Waals surface area (Å²) >= 11 is 0. The van der Waals surface area contributed by atoms with Crippen molar-refractivity contribution < 1.29 is 9.90 Å². The van der Waals surface area contributed by atoms with Gasteiger partial charge in [-0.2, -0.15) is 9.90 Å². The van der Waals surface area contributed by atoms with Crippen molar-refractivity contribution in [3.8, 4) is 11.4 Å². The zero-order chi connectivity index (χ0) is 20.7. The van der Waals surface area contributed by atoms with E-state index >= 15 is 0 Å². The van der Waals surface area contributed by atoms with E-state index in [1.54, 1.807) is 21.7 Å². The van der Waals surface area contributed by atoms with Crippen molar-refractivity contribution >= 4 is 17.1 Å². The molecule has 0 unspecified atom stereocenters. The molecule has 3 heterocycles. The summed E-state index contributed by atoms with van der Waals surface area (Å²) in [7, 11) is 0. The predicted molar refractivity (Wildman–Crippen MR) is 110 cm³/mol. The van der Waals surface area contributed by atoms with Crippen molar-refractivity contribution in [1.82, 2.24) is 29.8 Å². The lowest BCUT2D eigenvalue weighted by Crippen LogP contribution is -2.30. The molecular weight excluding hydrogens is 382 g/mol. The highest BCUT2D eigenvalue weighted by Gasteiger charge is 2.31. The van der Waals surface area contributed by atoms with Gasteiger partial charge in [0.25, 0.3) is 5.91 Å². The van der Waals surface area contributed by atoms with E-state index in [-0.39, 0.29) is 18.6 Å². The quantitative estimate of drug-likeness (QED) is 0.530. The van der Waals surface area contributed by atoms with Crippen LogP contribution in [0.3, 0.4) is 0 Å². The zero-order valence-corrected chi connectivity index (χ0v) is 16.4. The number of tetrazole rings is 1. The second kappa shape index (κ2) is 7.34. The summed E-state index contributed by atoms with van der Waals surface area (Å²) < 4.78 is 1.67. The molecule has 1 aliphatic carbocycles. The highest BCUT2D eigenvalue weighted by molar-refractivity contribution is 6.09. The number of aliphatic hydroxyl groups is 1. The van der Waals surface area contributed by atoms with Gasteiger partial charge in [-0.3, -0.25) is 4.79 Å². The Labute approximate surface area is 172 Å². The van der Waals surface area contributed by atoms with E-state index in [0.717, 1.165) is 29.5 Å². The van der Waals surface area contributed by atoms with Crippen LogP contribution in [0, 0.1) is 12.8 Å². The number of amides is 1. The Morgan fingerprint density at radius 3 is 2.97 bits per heavy atom. The van der Waals surface area contributed by atoms with Crippen molar-refractivity contribution in [1.29, 1.82) is 0 Å². The fourth-order valence-corrected chi connectivity index (χ4v) is 3.73. The molecule has 1 saturated carbocycles. The van der Waals surface area contributed by atoms with E-state index in [0.29, 0.717) is 23.0 Å². The zero-order valence-electron chi connectivity index (χ0n) is 16.4. The first kappa shape index (κ1) is 18.4. The molecule has 0 aliphatic heterocycles. The predicted octanol–water partition coefficient (Wildman–Crippen LogP) is 2.49. The van der Waals surface area contributed by atoms with E-state index in [1.807, 2.05) is 43.3 Å². The van der Waals surface area contributed by atoms with Crippen molar-refractivity contribution in [2.45, 2.75) is 25.8 Å². The molecule has 30 heavy (non-hydrogen) atoms. The third-order valence-electron chi connectivity index (χ3n) is 5.64. The van der Waals surface area contributed by atoms with Gasteiger partial charge in [-0.05, 0) is 54.7 Å². The molecule has 152 valence electrons. The number of nitrogens with one attached hydrogen (secondary N) is 1. The number of carbonyl (C=O) groups is 1. The second-order valence-electron chi connectivity index (χ2n) is 7.68. The first-order valence-corrected chi connectivity index (χ1v) is 9.87. The molecule has 0 radical (unpaired) electrons. The molecule has 0 atom stereocenters. The largest absolute Gasteiger partial charge is 0.396 e. The molecule has 1 amide bonds. The van der Waals surface area contributed by atoms with E-state index in [9.17, 15) is 9.90 Å². The summed E-state index contributed by atoms with van der Waals surface area (Å²) in [6.45, 7) is 2.13. The molecule has 0 bridgehead atoms. The maximum absolute atomic E-state index is 12.9. The lowest BCUT2D eigenvalue weighted by atomic mass is 9.81. The van der Waals surface area contributed by atoms with Gasteiger partial charge in [-0.15, -0.1) is 10.2 Å². The molecule has 9 nitrogen and oxygen atoms in total. The van der Waals surface area contributed by atoms with Crippen LogP contribution < -0.4 is 5.32 Å². The third kappa shape index (κ3) is 3.22. The number of hydrogen-bond acceptors (Lipinski definition) is 6. The number of pyridine rings is 1. The topological polar surface area (TPSA) is 110 Å². The molecule has 0 spiro atoms. The van der Waals surface area contributed by atoms with Crippen LogP contribution in [0.25, 0.3) is 16.9 Å². The van der Waals surface area contributed by atoms with Crippen molar-refractivity contribution in [2.24, 2.45) is 5.92 Å². The first-order valence-electron chi connectivity index (χ1n) is 9.87. The number of rotatable bonds is 5. The molecular formula is C21H21N7O2. The highest BCUT2D eigenvalue weighted by atomic mass is 16.3. The van der Waals surface area contributed by atoms with E-state index in [4.69, 9.17) is 0 Å². The Hall–Kier alpha value is -3.59. The average molecular weight is 403 g/mol. The van der Waals surface area contributed by atoms with Gasteiger partial charge in [0.05, 0.1) is 23.3 Å². The molecule has 1 fully saturated rings. The maximum atomic E-state index is 12.9. The molecule has 3 aromatic heterocycles. The molecule has 0 saturated heterocycles. The Morgan fingerprint density at radius 1 is 1.27 bits per heavy atom. The van der Waals surface area contributed by atoms with Gasteiger partial charge in [0.15, 0.2) is 0 Å². The molecule has 4 aromatic rings. The van der Waals surface area contributed by atoms with Crippen molar-refractivity contribution in [2.75, 3.05) is 11.9 Å². The molecule has 2 N–H and O–H groups in total. The molecule has 1 aliphatic rings. The summed E-state index contributed by atoms with van der Waals surface area (Å²) in [5, 5.41) is 29.2. The van der Waals surface area contributed by atoms with E-state index in [1.165, 1.54) is 0 Å². The van der Waals surface area contributed by atoms with E-state index in [2.05, 4.69) is 25.8 Å². The van der Waals surface area contributed by atoms with Crippen LogP contribution >= 0.6 is 0 Å². The summed E-state index contributed by atoms with van der Waals surface area (Å²) in [6, 6.07) is 11.5. The fourth-order valence-electron chi connectivity index (χ4n) is 3.73. The van der Waals surface area contributed by atoms with Crippen LogP contribution in [0.1, 0.15) is 34.8 Å². The molecule has 5 rings (SSSR count). The lowest BCUT2D eigenvalue weighted by molar-refractivity contribution is 0.0962. The smallest absolute Gasteiger partial charge is 0.259 e. The maximum Gasteiger partial charge on any atom is 0.259 e. The van der Waals surface area contributed by atoms with Gasteiger partial charge in [-0.1, -0.05) is 18.2 Å². The Kier molecular flexibility index (Phi) is 4.51. The number of benzene rings is 1. The summed E-state index contributed by atoms with van der Waals surface area (Å²) in [6.07, 6.45) is 5.09. The van der Waals surface area contributed by atoms with Gasteiger partial charge < -0.3 is 10.4 Å². The Balaban J connectivity index is 1.38. The number of aliphatic hydroxyl groups excluding tert-OH is 1. The van der Waals surface area contributed by atoms with Crippen molar-refractivity contribution in [3.63, 3.8) is 0 Å². The highest BCUT2D eigenvalue weighted by Crippen LogP contribution is 2.36. The summed E-state index contributed by atoms with van der Waals surface area (Å²) in [4.78, 5) is 14.5. The first-order chi connectivity index (χ1) is 14.6. The van der Waals surface area contributed by atoms with Crippen LogP contribution in [0.15, 0.2) is 48.8 Å². The van der Waals surface area contributed by atoms with Gasteiger partial charge in [-0.25, -0.2) is 4.52 Å². The van der Waals surface area contributed by atoms with Crippen LogP contribution in [0.5, 0.6) is 0 Å². The number of fused-ring (bicyclic) bond motifs is 1. The van der Waals surface area contributed by atoms with E-state index < -0.39 is 0 Å². The summed E-state index contributed by atoms with van der Waals surface area (Å²) in [5.74, 6) is 0.608.